The van der Waals surface area contributed by atoms with Gasteiger partial charge in [-0.15, -0.1) is 0 Å². The molecule has 0 aliphatic carbocycles. The lowest BCUT2D eigenvalue weighted by Gasteiger charge is -2.43. The normalized spacial score (nSPS) is 16.0. The molecule has 4 nitrogen and oxygen atoms in total. The fourth-order valence-corrected chi connectivity index (χ4v) is 6.29. The SMILES string of the molecule is C=CC(N1CC(C)(C)Cc2cc(-c3ccc(C(F)(F)F)cc3)ccc21)S(=O)(=O)c1ccc(C#N)c(F)c1. The van der Waals surface area contributed by atoms with Crippen molar-refractivity contribution in [3.05, 3.63) is 95.8 Å². The van der Waals surface area contributed by atoms with Crippen LogP contribution < -0.4 is 4.90 Å². The van der Waals surface area contributed by atoms with Crippen molar-refractivity contribution >= 4 is 15.5 Å². The van der Waals surface area contributed by atoms with Gasteiger partial charge in [-0.3, -0.25) is 0 Å². The molecule has 0 N–H and O–H groups in total. The topological polar surface area (TPSA) is 61.2 Å². The molecule has 3 aromatic rings. The Labute approximate surface area is 213 Å². The highest BCUT2D eigenvalue weighted by Crippen LogP contribution is 2.41. The van der Waals surface area contributed by atoms with Crippen molar-refractivity contribution in [3.8, 4) is 17.2 Å². The van der Waals surface area contributed by atoms with E-state index in [9.17, 15) is 26.0 Å². The van der Waals surface area contributed by atoms with Crippen molar-refractivity contribution in [1.82, 2.24) is 0 Å². The van der Waals surface area contributed by atoms with Gasteiger partial charge in [-0.25, -0.2) is 12.8 Å². The predicted molar refractivity (Wildman–Crippen MR) is 134 cm³/mol. The molecule has 0 amide bonds. The maximum Gasteiger partial charge on any atom is 0.416 e. The number of nitriles is 1. The fraction of sp³-hybridized carbons (Fsp3) is 0.250. The van der Waals surface area contributed by atoms with E-state index in [2.05, 4.69) is 6.58 Å². The maximum atomic E-state index is 14.3. The molecule has 0 fully saturated rings. The summed E-state index contributed by atoms with van der Waals surface area (Å²) in [5, 5.41) is 7.77. The number of halogens is 4. The number of hydrogen-bond donors (Lipinski definition) is 0. The van der Waals surface area contributed by atoms with E-state index in [-0.39, 0.29) is 15.9 Å². The molecule has 3 aromatic carbocycles. The van der Waals surface area contributed by atoms with Gasteiger partial charge in [0.25, 0.3) is 0 Å². The van der Waals surface area contributed by atoms with Gasteiger partial charge < -0.3 is 4.90 Å². The van der Waals surface area contributed by atoms with Gasteiger partial charge in [0.1, 0.15) is 11.9 Å². The number of fused-ring (bicyclic) bond motifs is 1. The summed E-state index contributed by atoms with van der Waals surface area (Å²) in [4.78, 5) is 1.44. The molecular weight excluding hydrogens is 504 g/mol. The van der Waals surface area contributed by atoms with Crippen molar-refractivity contribution < 1.29 is 26.0 Å². The highest BCUT2D eigenvalue weighted by Gasteiger charge is 2.39. The second kappa shape index (κ2) is 9.34. The summed E-state index contributed by atoms with van der Waals surface area (Å²) >= 11 is 0. The average molecular weight is 529 g/mol. The van der Waals surface area contributed by atoms with Crippen LogP contribution in [0.2, 0.25) is 0 Å². The van der Waals surface area contributed by atoms with Crippen LogP contribution in [0.5, 0.6) is 0 Å². The van der Waals surface area contributed by atoms with Gasteiger partial charge in [0, 0.05) is 12.2 Å². The summed E-state index contributed by atoms with van der Waals surface area (Å²) in [5.41, 5.74) is 1.45. The number of rotatable bonds is 5. The molecule has 0 saturated carbocycles. The first kappa shape index (κ1) is 26.4. The van der Waals surface area contributed by atoms with Gasteiger partial charge >= 0.3 is 6.18 Å². The lowest BCUT2D eigenvalue weighted by Crippen LogP contribution is -2.48. The zero-order valence-corrected chi connectivity index (χ0v) is 21.0. The second-order valence-electron chi connectivity index (χ2n) is 9.81. The van der Waals surface area contributed by atoms with Gasteiger partial charge in [0.2, 0.25) is 9.84 Å². The van der Waals surface area contributed by atoms with E-state index >= 15 is 0 Å². The smallest absolute Gasteiger partial charge is 0.351 e. The van der Waals surface area contributed by atoms with Gasteiger partial charge in [-0.1, -0.05) is 44.7 Å². The van der Waals surface area contributed by atoms with E-state index in [4.69, 9.17) is 5.26 Å². The summed E-state index contributed by atoms with van der Waals surface area (Å²) in [6, 6.07) is 15.1. The van der Waals surface area contributed by atoms with Gasteiger partial charge in [-0.05, 0) is 71.0 Å². The van der Waals surface area contributed by atoms with E-state index < -0.39 is 32.8 Å². The minimum atomic E-state index is -4.43. The third-order valence-electron chi connectivity index (χ3n) is 6.42. The Hall–Kier alpha value is -3.64. The van der Waals surface area contributed by atoms with E-state index in [1.807, 2.05) is 19.9 Å². The Kier molecular flexibility index (Phi) is 6.67. The molecule has 1 atom stereocenters. The summed E-state index contributed by atoms with van der Waals surface area (Å²) in [5.74, 6) is -0.924. The minimum Gasteiger partial charge on any atom is -0.351 e. The summed E-state index contributed by atoms with van der Waals surface area (Å²) in [6.45, 7) is 8.08. The van der Waals surface area contributed by atoms with Gasteiger partial charge in [-0.2, -0.15) is 18.4 Å². The molecule has 1 aliphatic heterocycles. The van der Waals surface area contributed by atoms with Gasteiger partial charge in [0.05, 0.1) is 16.0 Å². The Morgan fingerprint density at radius 1 is 1.05 bits per heavy atom. The van der Waals surface area contributed by atoms with Gasteiger partial charge in [0.15, 0.2) is 5.37 Å². The molecule has 0 spiro atoms. The van der Waals surface area contributed by atoms with E-state index in [1.165, 1.54) is 24.3 Å². The zero-order valence-electron chi connectivity index (χ0n) is 20.2. The molecular formula is C28H24F4N2O2S. The maximum absolute atomic E-state index is 14.3. The first-order chi connectivity index (χ1) is 17.3. The third-order valence-corrected chi connectivity index (χ3v) is 8.41. The first-order valence-electron chi connectivity index (χ1n) is 11.4. The molecule has 0 aromatic heterocycles. The Morgan fingerprint density at radius 3 is 2.27 bits per heavy atom. The average Bonchev–Trinajstić information content (AvgIpc) is 2.82. The highest BCUT2D eigenvalue weighted by molar-refractivity contribution is 7.92. The molecule has 192 valence electrons. The predicted octanol–water partition coefficient (Wildman–Crippen LogP) is 6.76. The summed E-state index contributed by atoms with van der Waals surface area (Å²) < 4.78 is 80.3. The lowest BCUT2D eigenvalue weighted by atomic mass is 9.80. The molecule has 0 bridgehead atoms. The Morgan fingerprint density at radius 2 is 1.70 bits per heavy atom. The molecule has 0 radical (unpaired) electrons. The van der Waals surface area contributed by atoms with Crippen molar-refractivity contribution in [2.45, 2.75) is 36.7 Å². The third kappa shape index (κ3) is 5.12. The fourth-order valence-electron chi connectivity index (χ4n) is 4.71. The number of alkyl halides is 3. The minimum absolute atomic E-state index is 0.255. The number of hydrogen-bond acceptors (Lipinski definition) is 4. The Balaban J connectivity index is 1.76. The number of nitrogens with zero attached hydrogens (tertiary/aromatic N) is 2. The number of benzene rings is 3. The van der Waals surface area contributed by atoms with Crippen LogP contribution in [0.25, 0.3) is 11.1 Å². The quantitative estimate of drug-likeness (QED) is 0.271. The Bertz CT molecular complexity index is 1500. The largest absolute Gasteiger partial charge is 0.416 e. The molecule has 9 heteroatoms. The van der Waals surface area contributed by atoms with Crippen LogP contribution in [-0.4, -0.2) is 20.3 Å². The van der Waals surface area contributed by atoms with E-state index in [1.54, 1.807) is 23.1 Å². The molecule has 0 saturated heterocycles. The molecule has 1 heterocycles. The first-order valence-corrected chi connectivity index (χ1v) is 12.9. The standard InChI is InChI=1S/C28H24F4N2O2S/c1-4-26(37(35,36)23-11-7-20(16-33)24(29)14-23)34-17-27(2,3)15-21-13-19(8-12-25(21)34)18-5-9-22(10-6-18)28(30,31)32/h4-14,26H,1,15,17H2,2-3H3. The van der Waals surface area contributed by atoms with Crippen LogP contribution in [0.15, 0.2) is 78.2 Å². The van der Waals surface area contributed by atoms with Crippen molar-refractivity contribution in [3.63, 3.8) is 0 Å². The van der Waals surface area contributed by atoms with Crippen LogP contribution in [0.4, 0.5) is 23.2 Å². The monoisotopic (exact) mass is 528 g/mol. The zero-order chi connectivity index (χ0) is 27.2. The number of sulfone groups is 1. The van der Waals surface area contributed by atoms with Crippen molar-refractivity contribution in [2.24, 2.45) is 5.41 Å². The molecule has 1 unspecified atom stereocenters. The molecule has 1 aliphatic rings. The van der Waals surface area contributed by atoms with E-state index in [0.717, 1.165) is 29.8 Å². The van der Waals surface area contributed by atoms with Crippen LogP contribution >= 0.6 is 0 Å². The summed E-state index contributed by atoms with van der Waals surface area (Å²) in [6.07, 6.45) is -2.52. The molecule has 4 rings (SSSR count). The summed E-state index contributed by atoms with van der Waals surface area (Å²) in [7, 11) is -4.12. The van der Waals surface area contributed by atoms with Crippen LogP contribution in [0.3, 0.4) is 0 Å². The van der Waals surface area contributed by atoms with E-state index in [0.29, 0.717) is 29.8 Å². The van der Waals surface area contributed by atoms with Crippen LogP contribution in [0.1, 0.15) is 30.5 Å². The molecule has 37 heavy (non-hydrogen) atoms. The second-order valence-corrected chi connectivity index (χ2v) is 11.9. The highest BCUT2D eigenvalue weighted by atomic mass is 32.2. The van der Waals surface area contributed by atoms with Crippen LogP contribution in [-0.2, 0) is 22.4 Å². The van der Waals surface area contributed by atoms with Crippen molar-refractivity contribution in [1.29, 1.82) is 5.26 Å². The van der Waals surface area contributed by atoms with Crippen LogP contribution in [0, 0.1) is 22.6 Å². The lowest BCUT2D eigenvalue weighted by molar-refractivity contribution is -0.137. The van der Waals surface area contributed by atoms with Crippen molar-refractivity contribution in [2.75, 3.05) is 11.4 Å². The number of anilines is 1.